The Labute approximate surface area is 361 Å². The molecule has 6 heteroatoms. The van der Waals surface area contributed by atoms with E-state index in [4.69, 9.17) is 4.74 Å². The van der Waals surface area contributed by atoms with Gasteiger partial charge in [0, 0.05) is 6.42 Å². The standard InChI is InChI=1S/C52H101NO5/c1-4-7-10-13-16-19-22-24-25-26-28-30-33-36-39-42-45-52(57)58-48(43-40-37-34-31-21-18-15-12-9-6-3)46-51(56)53-49(47-54)50(55)44-41-38-35-32-29-27-23-20-17-14-11-8-5-2/h25-26,48-50,54-55H,4-24,27-47H2,1-3H3,(H,53,56)/b26-25+. The van der Waals surface area contributed by atoms with E-state index in [1.807, 2.05) is 0 Å². The van der Waals surface area contributed by atoms with Crippen molar-refractivity contribution in [1.29, 1.82) is 0 Å². The molecular weight excluding hydrogens is 719 g/mol. The molecule has 6 nitrogen and oxygen atoms in total. The van der Waals surface area contributed by atoms with E-state index in [-0.39, 0.29) is 24.9 Å². The number of allylic oxidation sites excluding steroid dienone is 2. The molecule has 3 unspecified atom stereocenters. The fourth-order valence-corrected chi connectivity index (χ4v) is 8.13. The van der Waals surface area contributed by atoms with Crippen LogP contribution in [-0.4, -0.2) is 46.9 Å². The van der Waals surface area contributed by atoms with Gasteiger partial charge < -0.3 is 20.3 Å². The lowest BCUT2D eigenvalue weighted by Gasteiger charge is -2.24. The zero-order chi connectivity index (χ0) is 42.4. The third-order valence-corrected chi connectivity index (χ3v) is 12.1. The van der Waals surface area contributed by atoms with Gasteiger partial charge in [-0.1, -0.05) is 232 Å². The predicted octanol–water partition coefficient (Wildman–Crippen LogP) is 15.3. The first-order valence-electron chi connectivity index (χ1n) is 25.9. The lowest BCUT2D eigenvalue weighted by atomic mass is 10.0. The lowest BCUT2D eigenvalue weighted by Crippen LogP contribution is -2.46. The molecule has 0 saturated heterocycles. The number of hydrogen-bond acceptors (Lipinski definition) is 5. The second-order valence-corrected chi connectivity index (χ2v) is 17.9. The van der Waals surface area contributed by atoms with Gasteiger partial charge in [-0.2, -0.15) is 0 Å². The molecule has 0 bridgehead atoms. The zero-order valence-corrected chi connectivity index (χ0v) is 39.2. The Morgan fingerprint density at radius 2 is 0.828 bits per heavy atom. The van der Waals surface area contributed by atoms with Crippen LogP contribution in [0.1, 0.15) is 284 Å². The molecule has 3 atom stereocenters. The Hall–Kier alpha value is -1.40. The first-order chi connectivity index (χ1) is 28.5. The average Bonchev–Trinajstić information content (AvgIpc) is 3.22. The summed E-state index contributed by atoms with van der Waals surface area (Å²) < 4.78 is 5.92. The number of carbonyl (C=O) groups is 2. The van der Waals surface area contributed by atoms with E-state index < -0.39 is 18.2 Å². The van der Waals surface area contributed by atoms with Gasteiger partial charge in [-0.05, 0) is 51.4 Å². The SMILES string of the molecule is CCCCCCCCC/C=C/CCCCCCCC(=O)OC(CCCCCCCCCCCC)CC(=O)NC(CO)C(O)CCCCCCCCCCCCCCC. The van der Waals surface area contributed by atoms with Gasteiger partial charge in [0.25, 0.3) is 0 Å². The second kappa shape index (κ2) is 46.7. The van der Waals surface area contributed by atoms with Crippen molar-refractivity contribution in [1.82, 2.24) is 5.32 Å². The second-order valence-electron chi connectivity index (χ2n) is 17.9. The van der Waals surface area contributed by atoms with E-state index in [1.54, 1.807) is 0 Å². The van der Waals surface area contributed by atoms with Crippen LogP contribution in [0.25, 0.3) is 0 Å². The van der Waals surface area contributed by atoms with Crippen molar-refractivity contribution in [3.05, 3.63) is 12.2 Å². The number of amides is 1. The summed E-state index contributed by atoms with van der Waals surface area (Å²) in [6.07, 6.45) is 51.3. The van der Waals surface area contributed by atoms with Crippen molar-refractivity contribution in [3.8, 4) is 0 Å². The number of hydrogen-bond donors (Lipinski definition) is 3. The van der Waals surface area contributed by atoms with Crippen LogP contribution in [0.5, 0.6) is 0 Å². The van der Waals surface area contributed by atoms with Gasteiger partial charge in [-0.15, -0.1) is 0 Å². The van der Waals surface area contributed by atoms with Crippen LogP contribution in [0.15, 0.2) is 12.2 Å². The number of carbonyl (C=O) groups excluding carboxylic acids is 2. The number of nitrogens with one attached hydrogen (secondary N) is 1. The fourth-order valence-electron chi connectivity index (χ4n) is 8.13. The van der Waals surface area contributed by atoms with Crippen LogP contribution in [-0.2, 0) is 14.3 Å². The Bertz CT molecular complexity index is 878. The molecule has 58 heavy (non-hydrogen) atoms. The highest BCUT2D eigenvalue weighted by molar-refractivity contribution is 5.77. The summed E-state index contributed by atoms with van der Waals surface area (Å²) in [5.74, 6) is -0.468. The van der Waals surface area contributed by atoms with Crippen LogP contribution in [0, 0.1) is 0 Å². The number of aliphatic hydroxyl groups excluding tert-OH is 2. The molecule has 0 aromatic heterocycles. The molecule has 0 spiro atoms. The van der Waals surface area contributed by atoms with Gasteiger partial charge in [0.1, 0.15) is 6.10 Å². The van der Waals surface area contributed by atoms with Crippen molar-refractivity contribution in [2.75, 3.05) is 6.61 Å². The largest absolute Gasteiger partial charge is 0.462 e. The molecule has 344 valence electrons. The number of unbranched alkanes of at least 4 members (excludes halogenated alkanes) is 33. The molecule has 0 aliphatic rings. The highest BCUT2D eigenvalue weighted by Crippen LogP contribution is 2.18. The molecule has 0 radical (unpaired) electrons. The number of esters is 1. The van der Waals surface area contributed by atoms with Crippen LogP contribution < -0.4 is 5.32 Å². The average molecular weight is 820 g/mol. The van der Waals surface area contributed by atoms with E-state index in [1.165, 1.54) is 186 Å². The fraction of sp³-hybridized carbons (Fsp3) is 0.923. The van der Waals surface area contributed by atoms with Gasteiger partial charge in [0.2, 0.25) is 5.91 Å². The van der Waals surface area contributed by atoms with Crippen molar-refractivity contribution in [2.24, 2.45) is 0 Å². The summed E-state index contributed by atoms with van der Waals surface area (Å²) in [4.78, 5) is 26.1. The van der Waals surface area contributed by atoms with Crippen LogP contribution in [0.3, 0.4) is 0 Å². The third kappa shape index (κ3) is 41.3. The molecular formula is C52H101NO5. The van der Waals surface area contributed by atoms with E-state index >= 15 is 0 Å². The lowest BCUT2D eigenvalue weighted by molar-refractivity contribution is -0.151. The topological polar surface area (TPSA) is 95.9 Å². The Morgan fingerprint density at radius 1 is 0.483 bits per heavy atom. The normalized spacial score (nSPS) is 13.3. The molecule has 0 saturated carbocycles. The van der Waals surface area contributed by atoms with Crippen LogP contribution in [0.2, 0.25) is 0 Å². The van der Waals surface area contributed by atoms with Gasteiger partial charge >= 0.3 is 5.97 Å². The van der Waals surface area contributed by atoms with Gasteiger partial charge in [-0.25, -0.2) is 0 Å². The summed E-state index contributed by atoms with van der Waals surface area (Å²) in [7, 11) is 0. The summed E-state index contributed by atoms with van der Waals surface area (Å²) in [6, 6.07) is -0.695. The van der Waals surface area contributed by atoms with Gasteiger partial charge in [-0.3, -0.25) is 9.59 Å². The molecule has 1 amide bonds. The van der Waals surface area contributed by atoms with E-state index in [0.717, 1.165) is 51.4 Å². The minimum absolute atomic E-state index is 0.0810. The van der Waals surface area contributed by atoms with Crippen LogP contribution >= 0.6 is 0 Å². The molecule has 0 rings (SSSR count). The molecule has 3 N–H and O–H groups in total. The maximum atomic E-state index is 13.2. The van der Waals surface area contributed by atoms with Gasteiger partial charge in [0.15, 0.2) is 0 Å². The number of ether oxygens (including phenoxy) is 1. The smallest absolute Gasteiger partial charge is 0.306 e. The summed E-state index contributed by atoms with van der Waals surface area (Å²) in [6.45, 7) is 6.49. The Morgan fingerprint density at radius 3 is 1.22 bits per heavy atom. The van der Waals surface area contributed by atoms with Crippen molar-refractivity contribution < 1.29 is 24.5 Å². The van der Waals surface area contributed by atoms with E-state index in [0.29, 0.717) is 19.3 Å². The highest BCUT2D eigenvalue weighted by atomic mass is 16.5. The maximum Gasteiger partial charge on any atom is 0.306 e. The third-order valence-electron chi connectivity index (χ3n) is 12.1. The molecule has 0 aromatic carbocycles. The van der Waals surface area contributed by atoms with Crippen LogP contribution in [0.4, 0.5) is 0 Å². The molecule has 0 aliphatic carbocycles. The Balaban J connectivity index is 4.47. The number of rotatable bonds is 47. The van der Waals surface area contributed by atoms with E-state index in [9.17, 15) is 19.8 Å². The number of aliphatic hydroxyl groups is 2. The minimum atomic E-state index is -0.782. The zero-order valence-electron chi connectivity index (χ0n) is 39.2. The predicted molar refractivity (Wildman–Crippen MR) is 250 cm³/mol. The van der Waals surface area contributed by atoms with Crippen molar-refractivity contribution >= 4 is 11.9 Å². The summed E-state index contributed by atoms with van der Waals surface area (Å²) in [5, 5.41) is 23.7. The summed E-state index contributed by atoms with van der Waals surface area (Å²) >= 11 is 0. The van der Waals surface area contributed by atoms with Gasteiger partial charge in [0.05, 0.1) is 25.2 Å². The molecule has 0 heterocycles. The molecule has 0 aliphatic heterocycles. The summed E-state index contributed by atoms with van der Waals surface area (Å²) in [5.41, 5.74) is 0. The minimum Gasteiger partial charge on any atom is -0.462 e. The maximum absolute atomic E-state index is 13.2. The highest BCUT2D eigenvalue weighted by Gasteiger charge is 2.24. The quantitative estimate of drug-likeness (QED) is 0.0323. The molecule has 0 aromatic rings. The monoisotopic (exact) mass is 820 g/mol. The first kappa shape index (κ1) is 56.6. The van der Waals surface area contributed by atoms with Crippen molar-refractivity contribution in [3.63, 3.8) is 0 Å². The first-order valence-corrected chi connectivity index (χ1v) is 25.9. The van der Waals surface area contributed by atoms with E-state index in [2.05, 4.69) is 38.2 Å². The Kier molecular flexibility index (Phi) is 45.5. The molecule has 0 fully saturated rings. The van der Waals surface area contributed by atoms with Crippen molar-refractivity contribution in [2.45, 2.75) is 302 Å².